The van der Waals surface area contributed by atoms with E-state index in [1.54, 1.807) is 173 Å². The number of rotatable bonds is 6. The molecule has 3 saturated heterocycles. The van der Waals surface area contributed by atoms with Crippen LogP contribution in [0.15, 0.2) is 0 Å². The monoisotopic (exact) mass is 924 g/mol. The van der Waals surface area contributed by atoms with Crippen LogP contribution in [0.4, 0.5) is 0 Å². The number of thioether (sulfide) groups is 2. The van der Waals surface area contributed by atoms with E-state index in [9.17, 15) is 0 Å². The number of hydrogen-bond acceptors (Lipinski definition) is 4. The average Bonchev–Trinajstić information content (AvgIpc) is 4.13. The Labute approximate surface area is 408 Å². The third-order valence-electron chi connectivity index (χ3n) is 25.6. The standard InChI is InChI=1S/C61H97NOS2/c1-3-14-39(15-4-1)61(40-16-5-2-6-17-40)52-23-10-7-18-45(52)46-32-30-42(36-53(46)61)62(43-31-33-48-47-19-8-11-24-54(47)63-55(48)37-43)41-28-26-38(27-29-41)44-21-13-22-49-50-34-35-57-58(60(50)65-59(44)49)51-20-9-12-25-56(51)64-57/h38-60H,1-37H2. The van der Waals surface area contributed by atoms with Gasteiger partial charge in [0, 0.05) is 39.1 Å². The lowest BCUT2D eigenvalue weighted by Crippen LogP contribution is -2.57. The van der Waals surface area contributed by atoms with Crippen LogP contribution in [-0.4, -0.2) is 56.2 Å². The summed E-state index contributed by atoms with van der Waals surface area (Å²) in [6.07, 6.45) is 58.6. The second-order valence-electron chi connectivity index (χ2n) is 27.6. The summed E-state index contributed by atoms with van der Waals surface area (Å²) < 4.78 is 7.25. The van der Waals surface area contributed by atoms with Gasteiger partial charge in [-0.2, -0.15) is 23.5 Å². The Hall–Kier alpha value is 0.620. The molecule has 11 aliphatic carbocycles. The molecule has 14 aliphatic rings. The van der Waals surface area contributed by atoms with Crippen molar-refractivity contribution in [2.75, 3.05) is 0 Å². The summed E-state index contributed by atoms with van der Waals surface area (Å²) in [6, 6.07) is 2.52. The highest BCUT2D eigenvalue weighted by Crippen LogP contribution is 2.73. The van der Waals surface area contributed by atoms with E-state index in [0.717, 1.165) is 122 Å². The Morgan fingerprint density at radius 3 is 1.71 bits per heavy atom. The molecule has 0 aromatic heterocycles. The third kappa shape index (κ3) is 7.43. The van der Waals surface area contributed by atoms with Crippen molar-refractivity contribution >= 4 is 23.5 Å². The smallest absolute Gasteiger partial charge is 0.0625 e. The van der Waals surface area contributed by atoms with Crippen LogP contribution in [0, 0.1) is 88.3 Å². The van der Waals surface area contributed by atoms with Crippen LogP contribution in [0.3, 0.4) is 0 Å². The molecule has 0 spiro atoms. The van der Waals surface area contributed by atoms with Gasteiger partial charge >= 0.3 is 0 Å². The Kier molecular flexibility index (Phi) is 12.7. The molecule has 0 aromatic rings. The van der Waals surface area contributed by atoms with Gasteiger partial charge in [-0.25, -0.2) is 0 Å². The molecule has 11 saturated carbocycles. The first-order valence-electron chi connectivity index (χ1n) is 31.0. The first-order chi connectivity index (χ1) is 32.2. The minimum absolute atomic E-state index is 0.582. The zero-order chi connectivity index (χ0) is 42.6. The predicted octanol–water partition coefficient (Wildman–Crippen LogP) is 16.3. The average molecular weight is 925 g/mol. The van der Waals surface area contributed by atoms with Crippen molar-refractivity contribution in [3.05, 3.63) is 0 Å². The Morgan fingerprint density at radius 1 is 0.338 bits per heavy atom. The number of fused-ring (bicyclic) bond motifs is 13. The van der Waals surface area contributed by atoms with E-state index in [1.165, 1.54) is 64.2 Å². The minimum atomic E-state index is 0.582. The van der Waals surface area contributed by atoms with Crippen molar-refractivity contribution in [2.45, 2.75) is 289 Å². The van der Waals surface area contributed by atoms with E-state index in [0.29, 0.717) is 17.6 Å². The lowest BCUT2D eigenvalue weighted by Gasteiger charge is -2.58. The molecule has 364 valence electrons. The molecule has 19 unspecified atom stereocenters. The number of nitrogens with zero attached hydrogens (tertiary/aromatic N) is 1. The lowest BCUT2D eigenvalue weighted by atomic mass is 9.48. The van der Waals surface area contributed by atoms with Crippen LogP contribution in [-0.2, 0) is 4.74 Å². The van der Waals surface area contributed by atoms with Gasteiger partial charge in [0.1, 0.15) is 0 Å². The Morgan fingerprint density at radius 2 is 0.908 bits per heavy atom. The topological polar surface area (TPSA) is 12.5 Å². The SMILES string of the molecule is C1CCC(C2(C3CCCCC3)C3CCCCC3C3CCC(N(C4CCC(C5CCCC6C7CCC8SC9CCCCC9C8C7SC56)CC4)C4CCC5C(C4)OC4CCCCC45)CC32)CC1. The van der Waals surface area contributed by atoms with Gasteiger partial charge in [0.2, 0.25) is 0 Å². The molecule has 3 heterocycles. The molecular formula is C61H97NOS2. The number of ether oxygens (including phenoxy) is 1. The first kappa shape index (κ1) is 44.3. The van der Waals surface area contributed by atoms with Crippen LogP contribution in [0.25, 0.3) is 0 Å². The minimum Gasteiger partial charge on any atom is -0.374 e. The molecule has 2 nitrogen and oxygen atoms in total. The van der Waals surface area contributed by atoms with Gasteiger partial charge in [-0.15, -0.1) is 0 Å². The fourth-order valence-electron chi connectivity index (χ4n) is 23.7. The Balaban J connectivity index is 0.740. The van der Waals surface area contributed by atoms with Gasteiger partial charge in [-0.3, -0.25) is 4.90 Å². The summed E-state index contributed by atoms with van der Waals surface area (Å²) in [5.41, 5.74) is 0.698. The highest BCUT2D eigenvalue weighted by atomic mass is 32.2. The largest absolute Gasteiger partial charge is 0.374 e. The maximum atomic E-state index is 7.25. The highest BCUT2D eigenvalue weighted by molar-refractivity contribution is 8.02. The van der Waals surface area contributed by atoms with E-state index < -0.39 is 0 Å². The maximum Gasteiger partial charge on any atom is 0.0625 e. The second kappa shape index (κ2) is 18.6. The molecule has 14 rings (SSSR count). The van der Waals surface area contributed by atoms with Gasteiger partial charge < -0.3 is 4.74 Å². The second-order valence-corrected chi connectivity index (χ2v) is 30.4. The molecule has 0 N–H and O–H groups in total. The van der Waals surface area contributed by atoms with Crippen molar-refractivity contribution < 1.29 is 4.74 Å². The zero-order valence-electron chi connectivity index (χ0n) is 41.6. The first-order valence-corrected chi connectivity index (χ1v) is 32.8. The molecule has 0 aromatic carbocycles. The van der Waals surface area contributed by atoms with Gasteiger partial charge in [-0.05, 0) is 242 Å². The zero-order valence-corrected chi connectivity index (χ0v) is 43.2. The molecule has 4 heteroatoms. The van der Waals surface area contributed by atoms with Gasteiger partial charge in [0.15, 0.2) is 0 Å². The van der Waals surface area contributed by atoms with E-state index in [-0.39, 0.29) is 0 Å². The van der Waals surface area contributed by atoms with Gasteiger partial charge in [0.05, 0.1) is 12.2 Å². The summed E-state index contributed by atoms with van der Waals surface area (Å²) in [6.45, 7) is 0. The van der Waals surface area contributed by atoms with E-state index >= 15 is 0 Å². The van der Waals surface area contributed by atoms with Crippen molar-refractivity contribution in [1.29, 1.82) is 0 Å². The summed E-state index contributed by atoms with van der Waals surface area (Å²) in [5, 5.41) is 4.13. The van der Waals surface area contributed by atoms with Crippen molar-refractivity contribution in [3.8, 4) is 0 Å². The molecule has 0 bridgehead atoms. The van der Waals surface area contributed by atoms with Crippen LogP contribution >= 0.6 is 23.5 Å². The van der Waals surface area contributed by atoms with Crippen molar-refractivity contribution in [1.82, 2.24) is 4.90 Å². The predicted molar refractivity (Wildman–Crippen MR) is 274 cm³/mol. The fourth-order valence-corrected chi connectivity index (χ4v) is 28.5. The van der Waals surface area contributed by atoms with E-state index in [1.807, 2.05) is 0 Å². The molecule has 19 atom stereocenters. The third-order valence-corrected chi connectivity index (χ3v) is 29.5. The Bertz CT molecular complexity index is 1610. The summed E-state index contributed by atoms with van der Waals surface area (Å²) in [5.74, 6) is 14.6. The number of hydrogen-bond donors (Lipinski definition) is 0. The quantitative estimate of drug-likeness (QED) is 0.263. The molecule has 3 aliphatic heterocycles. The van der Waals surface area contributed by atoms with Crippen LogP contribution in [0.2, 0.25) is 0 Å². The molecular weight excluding hydrogens is 827 g/mol. The summed E-state index contributed by atoms with van der Waals surface area (Å²) in [7, 11) is 0. The normalized spacial score (nSPS) is 53.2. The van der Waals surface area contributed by atoms with Crippen molar-refractivity contribution in [3.63, 3.8) is 0 Å². The van der Waals surface area contributed by atoms with Crippen molar-refractivity contribution in [2.24, 2.45) is 88.3 Å². The van der Waals surface area contributed by atoms with Crippen LogP contribution in [0.1, 0.15) is 238 Å². The molecule has 65 heavy (non-hydrogen) atoms. The molecule has 0 amide bonds. The van der Waals surface area contributed by atoms with E-state index in [2.05, 4.69) is 28.4 Å². The molecule has 0 radical (unpaired) electrons. The van der Waals surface area contributed by atoms with Crippen LogP contribution in [0.5, 0.6) is 0 Å². The van der Waals surface area contributed by atoms with Gasteiger partial charge in [0.25, 0.3) is 0 Å². The summed E-state index contributed by atoms with van der Waals surface area (Å²) in [4.78, 5) is 3.49. The fraction of sp³-hybridized carbons (Fsp3) is 1.00. The van der Waals surface area contributed by atoms with Gasteiger partial charge in [-0.1, -0.05) is 83.5 Å². The molecule has 14 fully saturated rings. The maximum absolute atomic E-state index is 7.25. The van der Waals surface area contributed by atoms with Crippen LogP contribution < -0.4 is 0 Å². The highest BCUT2D eigenvalue weighted by Gasteiger charge is 2.67. The van der Waals surface area contributed by atoms with E-state index in [4.69, 9.17) is 4.74 Å². The summed E-state index contributed by atoms with van der Waals surface area (Å²) >= 11 is 5.21. The lowest BCUT2D eigenvalue weighted by molar-refractivity contribution is -0.0951.